The van der Waals surface area contributed by atoms with Crippen molar-refractivity contribution in [2.24, 2.45) is 0 Å². The van der Waals surface area contributed by atoms with Crippen LogP contribution >= 0.6 is 35.5 Å². The van der Waals surface area contributed by atoms with Gasteiger partial charge < -0.3 is 4.90 Å². The van der Waals surface area contributed by atoms with E-state index in [4.69, 9.17) is 4.98 Å². The number of amides is 1. The molecule has 0 spiro atoms. The van der Waals surface area contributed by atoms with Crippen molar-refractivity contribution >= 4 is 56.8 Å². The van der Waals surface area contributed by atoms with Crippen LogP contribution in [0.4, 0.5) is 5.13 Å². The zero-order chi connectivity index (χ0) is 19.4. The van der Waals surface area contributed by atoms with Crippen molar-refractivity contribution in [3.05, 3.63) is 53.6 Å². The lowest BCUT2D eigenvalue weighted by Gasteiger charge is -2.21. The molecule has 0 saturated carbocycles. The summed E-state index contributed by atoms with van der Waals surface area (Å²) in [6.07, 6.45) is 0. The van der Waals surface area contributed by atoms with Crippen molar-refractivity contribution < 1.29 is 4.79 Å². The van der Waals surface area contributed by atoms with E-state index in [2.05, 4.69) is 55.1 Å². The number of carbonyl (C=O) groups excluding carboxylic acids is 1. The molecule has 0 unspecified atom stereocenters. The molecular formula is C21H26ClN3OS2. The first kappa shape index (κ1) is 22.7. The number of aryl methyl sites for hydroxylation is 2. The first-order valence-electron chi connectivity index (χ1n) is 8.95. The second-order valence-corrected chi connectivity index (χ2v) is 8.93. The van der Waals surface area contributed by atoms with Gasteiger partial charge in [0.1, 0.15) is 0 Å². The van der Waals surface area contributed by atoms with Gasteiger partial charge in [-0.3, -0.25) is 9.69 Å². The lowest BCUT2D eigenvalue weighted by Crippen LogP contribution is -2.37. The number of para-hydroxylation sites is 1. The average molecular weight is 436 g/mol. The molecule has 3 rings (SSSR count). The van der Waals surface area contributed by atoms with Crippen LogP contribution in [0.5, 0.6) is 0 Å². The largest absolute Gasteiger partial charge is 0.308 e. The quantitative estimate of drug-likeness (QED) is 0.488. The molecule has 0 fully saturated rings. The summed E-state index contributed by atoms with van der Waals surface area (Å²) in [4.78, 5) is 22.8. The lowest BCUT2D eigenvalue weighted by atomic mass is 10.2. The third-order valence-corrected chi connectivity index (χ3v) is 6.34. The third kappa shape index (κ3) is 5.70. The molecule has 2 aromatic carbocycles. The number of benzene rings is 2. The minimum atomic E-state index is 0. The molecule has 150 valence electrons. The summed E-state index contributed by atoms with van der Waals surface area (Å²) in [7, 11) is 4.04. The Kier molecular flexibility index (Phi) is 8.31. The summed E-state index contributed by atoms with van der Waals surface area (Å²) in [6, 6.07) is 14.5. The van der Waals surface area contributed by atoms with Gasteiger partial charge in [0.25, 0.3) is 0 Å². The van der Waals surface area contributed by atoms with E-state index in [1.165, 1.54) is 5.56 Å². The number of carbonyl (C=O) groups is 1. The Labute approximate surface area is 181 Å². The number of hydrogen-bond acceptors (Lipinski definition) is 5. The van der Waals surface area contributed by atoms with Gasteiger partial charge in [0, 0.05) is 18.0 Å². The van der Waals surface area contributed by atoms with E-state index in [9.17, 15) is 4.79 Å². The molecule has 4 nitrogen and oxygen atoms in total. The fourth-order valence-corrected chi connectivity index (χ4v) is 4.54. The predicted molar refractivity (Wildman–Crippen MR) is 124 cm³/mol. The van der Waals surface area contributed by atoms with Gasteiger partial charge in [0.2, 0.25) is 5.91 Å². The van der Waals surface area contributed by atoms with E-state index in [1.54, 1.807) is 23.1 Å². The summed E-state index contributed by atoms with van der Waals surface area (Å²) >= 11 is 3.17. The fourth-order valence-electron chi connectivity index (χ4n) is 2.67. The lowest BCUT2D eigenvalue weighted by molar-refractivity contribution is -0.116. The van der Waals surface area contributed by atoms with Gasteiger partial charge in [-0.25, -0.2) is 4.98 Å². The molecule has 3 aromatic rings. The summed E-state index contributed by atoms with van der Waals surface area (Å²) in [5.41, 5.74) is 3.36. The molecule has 0 aliphatic rings. The standard InChI is InChI=1S/C21H25N3OS2.ClH/c1-15-8-10-17(11-9-15)26-14-19(25)24(13-12-23(3)4)21-22-20-16(2)6-5-7-18(20)27-21;/h5-11H,12-14H2,1-4H3;1H. The topological polar surface area (TPSA) is 36.4 Å². The number of halogens is 1. The molecule has 0 aliphatic carbocycles. The highest BCUT2D eigenvalue weighted by Gasteiger charge is 2.20. The number of anilines is 1. The van der Waals surface area contributed by atoms with Crippen LogP contribution in [0, 0.1) is 13.8 Å². The Hall–Kier alpha value is -1.60. The summed E-state index contributed by atoms with van der Waals surface area (Å²) in [5, 5.41) is 0.788. The van der Waals surface area contributed by atoms with E-state index in [-0.39, 0.29) is 18.3 Å². The minimum absolute atomic E-state index is 0. The third-order valence-electron chi connectivity index (χ3n) is 4.30. The van der Waals surface area contributed by atoms with Crippen LogP contribution in [0.25, 0.3) is 10.2 Å². The summed E-state index contributed by atoms with van der Waals surface area (Å²) < 4.78 is 1.12. The highest BCUT2D eigenvalue weighted by molar-refractivity contribution is 8.00. The maximum atomic E-state index is 13.0. The van der Waals surface area contributed by atoms with E-state index in [1.807, 2.05) is 25.1 Å². The van der Waals surface area contributed by atoms with E-state index in [0.717, 1.165) is 32.4 Å². The van der Waals surface area contributed by atoms with Crippen molar-refractivity contribution in [2.45, 2.75) is 18.7 Å². The average Bonchev–Trinajstić information content (AvgIpc) is 3.06. The molecule has 0 aliphatic heterocycles. The number of hydrogen-bond donors (Lipinski definition) is 0. The smallest absolute Gasteiger partial charge is 0.239 e. The fraction of sp³-hybridized carbons (Fsp3) is 0.333. The van der Waals surface area contributed by atoms with Crippen LogP contribution in [0.2, 0.25) is 0 Å². The Morgan fingerprint density at radius 1 is 1.07 bits per heavy atom. The Morgan fingerprint density at radius 2 is 1.79 bits per heavy atom. The van der Waals surface area contributed by atoms with Gasteiger partial charge in [0.05, 0.1) is 16.0 Å². The molecule has 1 aromatic heterocycles. The van der Waals surface area contributed by atoms with Crippen LogP contribution in [-0.4, -0.2) is 48.7 Å². The van der Waals surface area contributed by atoms with Gasteiger partial charge in [-0.1, -0.05) is 41.2 Å². The highest BCUT2D eigenvalue weighted by atomic mass is 35.5. The summed E-state index contributed by atoms with van der Waals surface area (Å²) in [6.45, 7) is 5.57. The van der Waals surface area contributed by atoms with Crippen molar-refractivity contribution in [1.82, 2.24) is 9.88 Å². The van der Waals surface area contributed by atoms with Crippen LogP contribution in [0.3, 0.4) is 0 Å². The van der Waals surface area contributed by atoms with Crippen molar-refractivity contribution in [3.63, 3.8) is 0 Å². The Morgan fingerprint density at radius 3 is 2.43 bits per heavy atom. The number of likely N-dealkylation sites (N-methyl/N-ethyl adjacent to an activating group) is 1. The number of nitrogens with zero attached hydrogens (tertiary/aromatic N) is 3. The van der Waals surface area contributed by atoms with E-state index in [0.29, 0.717) is 12.3 Å². The number of rotatable bonds is 7. The maximum Gasteiger partial charge on any atom is 0.239 e. The van der Waals surface area contributed by atoms with E-state index < -0.39 is 0 Å². The number of aromatic nitrogens is 1. The van der Waals surface area contributed by atoms with Crippen LogP contribution < -0.4 is 4.90 Å². The monoisotopic (exact) mass is 435 g/mol. The molecule has 7 heteroatoms. The van der Waals surface area contributed by atoms with Crippen LogP contribution in [-0.2, 0) is 4.79 Å². The van der Waals surface area contributed by atoms with Crippen molar-refractivity contribution in [3.8, 4) is 0 Å². The predicted octanol–water partition coefficient (Wildman–Crippen LogP) is 5.02. The Balaban J connectivity index is 0.00000280. The summed E-state index contributed by atoms with van der Waals surface area (Å²) in [5.74, 6) is 0.505. The molecule has 28 heavy (non-hydrogen) atoms. The molecule has 0 N–H and O–H groups in total. The molecular weight excluding hydrogens is 410 g/mol. The normalized spacial score (nSPS) is 10.9. The van der Waals surface area contributed by atoms with Gasteiger partial charge >= 0.3 is 0 Å². The second-order valence-electron chi connectivity index (χ2n) is 6.87. The van der Waals surface area contributed by atoms with Gasteiger partial charge in [0.15, 0.2) is 5.13 Å². The molecule has 1 heterocycles. The van der Waals surface area contributed by atoms with Crippen LogP contribution in [0.1, 0.15) is 11.1 Å². The van der Waals surface area contributed by atoms with Gasteiger partial charge in [-0.2, -0.15) is 0 Å². The maximum absolute atomic E-state index is 13.0. The number of thiazole rings is 1. The zero-order valence-corrected chi connectivity index (χ0v) is 19.1. The minimum Gasteiger partial charge on any atom is -0.308 e. The SMILES string of the molecule is Cc1ccc(SCC(=O)N(CCN(C)C)c2nc3c(C)cccc3s2)cc1.Cl. The van der Waals surface area contributed by atoms with Gasteiger partial charge in [-0.15, -0.1) is 24.2 Å². The molecule has 0 saturated heterocycles. The second kappa shape index (κ2) is 10.3. The number of fused-ring (bicyclic) bond motifs is 1. The first-order chi connectivity index (χ1) is 12.9. The molecule has 0 atom stereocenters. The number of thioether (sulfide) groups is 1. The van der Waals surface area contributed by atoms with Gasteiger partial charge in [-0.05, 0) is 51.7 Å². The van der Waals surface area contributed by atoms with Crippen molar-refractivity contribution in [2.75, 3.05) is 37.8 Å². The van der Waals surface area contributed by atoms with Crippen molar-refractivity contribution in [1.29, 1.82) is 0 Å². The molecule has 0 bridgehead atoms. The highest BCUT2D eigenvalue weighted by Crippen LogP contribution is 2.31. The zero-order valence-electron chi connectivity index (χ0n) is 16.6. The van der Waals surface area contributed by atoms with E-state index >= 15 is 0 Å². The van der Waals surface area contributed by atoms with Crippen LogP contribution in [0.15, 0.2) is 47.4 Å². The molecule has 0 radical (unpaired) electrons. The first-order valence-corrected chi connectivity index (χ1v) is 10.7. The molecule has 1 amide bonds. The Bertz CT molecular complexity index is 925.